The van der Waals surface area contributed by atoms with Crippen LogP contribution in [0, 0.1) is 0 Å². The summed E-state index contributed by atoms with van der Waals surface area (Å²) in [5, 5.41) is 1.15. The van der Waals surface area contributed by atoms with Gasteiger partial charge in [0.05, 0.1) is 33.6 Å². The molecular formula is C36H28N4. The van der Waals surface area contributed by atoms with Crippen molar-refractivity contribution in [1.29, 1.82) is 0 Å². The molecule has 40 heavy (non-hydrogen) atoms. The molecule has 0 fully saturated rings. The van der Waals surface area contributed by atoms with Gasteiger partial charge in [0, 0.05) is 29.0 Å². The summed E-state index contributed by atoms with van der Waals surface area (Å²) in [5.74, 6) is 0.483. The zero-order valence-corrected chi connectivity index (χ0v) is 22.5. The highest BCUT2D eigenvalue weighted by atomic mass is 15.0. The van der Waals surface area contributed by atoms with Crippen molar-refractivity contribution in [3.63, 3.8) is 0 Å². The second-order valence-electron chi connectivity index (χ2n) is 10.4. The predicted octanol–water partition coefficient (Wildman–Crippen LogP) is 9.09. The van der Waals surface area contributed by atoms with E-state index in [0.717, 1.165) is 61.4 Å². The van der Waals surface area contributed by atoms with Gasteiger partial charge in [-0.1, -0.05) is 74.5 Å². The van der Waals surface area contributed by atoms with Gasteiger partial charge in [-0.15, -0.1) is 0 Å². The molecule has 4 aromatic heterocycles. The van der Waals surface area contributed by atoms with Gasteiger partial charge in [-0.3, -0.25) is 9.97 Å². The second kappa shape index (κ2) is 9.90. The Morgan fingerprint density at radius 1 is 0.550 bits per heavy atom. The van der Waals surface area contributed by atoms with Crippen molar-refractivity contribution >= 4 is 21.9 Å². The molecule has 0 aliphatic heterocycles. The summed E-state index contributed by atoms with van der Waals surface area (Å²) in [6.45, 7) is 4.43. The minimum atomic E-state index is 0.483. The fourth-order valence-corrected chi connectivity index (χ4v) is 5.42. The molecule has 3 aromatic carbocycles. The molecule has 0 amide bonds. The van der Waals surface area contributed by atoms with Crippen molar-refractivity contribution in [3.8, 4) is 39.5 Å². The van der Waals surface area contributed by atoms with Crippen LogP contribution in [0.4, 0.5) is 0 Å². The smallest absolute Gasteiger partial charge is 0.0963 e. The Hall–Kier alpha value is -5.09. The zero-order chi connectivity index (χ0) is 27.1. The summed E-state index contributed by atoms with van der Waals surface area (Å²) in [4.78, 5) is 14.4. The maximum absolute atomic E-state index is 5.05. The molecule has 0 unspecified atom stereocenters. The number of fused-ring (bicyclic) bond motifs is 3. The van der Waals surface area contributed by atoms with Gasteiger partial charge >= 0.3 is 0 Å². The SMILES string of the molecule is CC(C)c1ccc(-c2cc(-c3cccc(-n4c5ccccc5c5ncccc54)c3)cc(-c3ccccn3)n2)cc1. The minimum absolute atomic E-state index is 0.483. The Kier molecular flexibility index (Phi) is 5.94. The molecule has 192 valence electrons. The topological polar surface area (TPSA) is 43.6 Å². The average Bonchev–Trinajstić information content (AvgIpc) is 3.36. The van der Waals surface area contributed by atoms with Gasteiger partial charge in [0.2, 0.25) is 0 Å². The van der Waals surface area contributed by atoms with Crippen LogP contribution in [0.2, 0.25) is 0 Å². The molecular weight excluding hydrogens is 488 g/mol. The Labute approximate surface area is 233 Å². The van der Waals surface area contributed by atoms with E-state index in [1.807, 2.05) is 36.7 Å². The van der Waals surface area contributed by atoms with Gasteiger partial charge in [-0.05, 0) is 77.2 Å². The molecule has 0 aliphatic carbocycles. The molecule has 4 nitrogen and oxygen atoms in total. The van der Waals surface area contributed by atoms with E-state index < -0.39 is 0 Å². The average molecular weight is 517 g/mol. The maximum atomic E-state index is 5.05. The third-order valence-corrected chi connectivity index (χ3v) is 7.49. The molecule has 0 aliphatic rings. The van der Waals surface area contributed by atoms with Crippen LogP contribution in [0.25, 0.3) is 61.4 Å². The lowest BCUT2D eigenvalue weighted by atomic mass is 9.98. The van der Waals surface area contributed by atoms with Crippen molar-refractivity contribution in [2.24, 2.45) is 0 Å². The quantitative estimate of drug-likeness (QED) is 0.229. The van der Waals surface area contributed by atoms with E-state index in [2.05, 4.69) is 114 Å². The van der Waals surface area contributed by atoms with Crippen LogP contribution in [-0.4, -0.2) is 19.5 Å². The van der Waals surface area contributed by atoms with Crippen LogP contribution in [0.5, 0.6) is 0 Å². The first-order chi connectivity index (χ1) is 19.7. The lowest BCUT2D eigenvalue weighted by molar-refractivity contribution is 0.867. The van der Waals surface area contributed by atoms with Crippen LogP contribution < -0.4 is 0 Å². The predicted molar refractivity (Wildman–Crippen MR) is 165 cm³/mol. The molecule has 0 bridgehead atoms. The number of nitrogens with zero attached hydrogens (tertiary/aromatic N) is 4. The van der Waals surface area contributed by atoms with E-state index >= 15 is 0 Å². The summed E-state index contributed by atoms with van der Waals surface area (Å²) < 4.78 is 2.30. The monoisotopic (exact) mass is 516 g/mol. The van der Waals surface area contributed by atoms with Crippen LogP contribution >= 0.6 is 0 Å². The molecule has 7 aromatic rings. The van der Waals surface area contributed by atoms with Gasteiger partial charge in [0.1, 0.15) is 0 Å². The van der Waals surface area contributed by atoms with Crippen molar-refractivity contribution in [2.75, 3.05) is 0 Å². The molecule has 7 rings (SSSR count). The molecule has 0 spiro atoms. The first-order valence-corrected chi connectivity index (χ1v) is 13.6. The number of pyridine rings is 3. The van der Waals surface area contributed by atoms with Gasteiger partial charge in [-0.25, -0.2) is 4.98 Å². The van der Waals surface area contributed by atoms with Crippen molar-refractivity contribution in [3.05, 3.63) is 133 Å². The Balaban J connectivity index is 1.41. The van der Waals surface area contributed by atoms with E-state index in [4.69, 9.17) is 9.97 Å². The Morgan fingerprint density at radius 2 is 1.32 bits per heavy atom. The van der Waals surface area contributed by atoms with Gasteiger partial charge in [0.25, 0.3) is 0 Å². The van der Waals surface area contributed by atoms with E-state index in [0.29, 0.717) is 5.92 Å². The van der Waals surface area contributed by atoms with Gasteiger partial charge in [0.15, 0.2) is 0 Å². The summed E-state index contributed by atoms with van der Waals surface area (Å²) >= 11 is 0. The third-order valence-electron chi connectivity index (χ3n) is 7.49. The van der Waals surface area contributed by atoms with E-state index in [9.17, 15) is 0 Å². The highest BCUT2D eigenvalue weighted by Crippen LogP contribution is 2.34. The molecule has 4 heterocycles. The van der Waals surface area contributed by atoms with Crippen molar-refractivity contribution in [2.45, 2.75) is 19.8 Å². The minimum Gasteiger partial charge on any atom is -0.308 e. The van der Waals surface area contributed by atoms with E-state index in [-0.39, 0.29) is 0 Å². The molecule has 0 radical (unpaired) electrons. The van der Waals surface area contributed by atoms with Crippen LogP contribution in [0.15, 0.2) is 128 Å². The van der Waals surface area contributed by atoms with Crippen molar-refractivity contribution in [1.82, 2.24) is 19.5 Å². The lowest BCUT2D eigenvalue weighted by Gasteiger charge is -2.13. The van der Waals surface area contributed by atoms with E-state index in [1.165, 1.54) is 5.56 Å². The number of benzene rings is 3. The Morgan fingerprint density at radius 3 is 2.15 bits per heavy atom. The fraction of sp³-hybridized carbons (Fsp3) is 0.0833. The van der Waals surface area contributed by atoms with Crippen LogP contribution in [0.1, 0.15) is 25.3 Å². The standard InChI is InChI=1S/C36H28N4/c1-24(2)25-15-17-26(18-16-25)32-22-28(23-33(39-32)31-12-5-6-19-37-31)27-9-7-10-29(21-27)40-34-13-4-3-11-30(34)36-35(40)14-8-20-38-36/h3-24H,1-2H3. The van der Waals surface area contributed by atoms with E-state index in [1.54, 1.807) is 0 Å². The number of para-hydroxylation sites is 1. The van der Waals surface area contributed by atoms with Crippen LogP contribution in [0.3, 0.4) is 0 Å². The molecule has 0 N–H and O–H groups in total. The Bertz CT molecular complexity index is 1920. The number of aromatic nitrogens is 4. The highest BCUT2D eigenvalue weighted by molar-refractivity contribution is 6.07. The van der Waals surface area contributed by atoms with Crippen molar-refractivity contribution < 1.29 is 0 Å². The summed E-state index contributed by atoms with van der Waals surface area (Å²) in [6, 6.07) is 40.3. The first kappa shape index (κ1) is 24.0. The fourth-order valence-electron chi connectivity index (χ4n) is 5.42. The van der Waals surface area contributed by atoms with Crippen LogP contribution in [-0.2, 0) is 0 Å². The molecule has 0 saturated carbocycles. The highest BCUT2D eigenvalue weighted by Gasteiger charge is 2.14. The summed E-state index contributed by atoms with van der Waals surface area (Å²) in [7, 11) is 0. The summed E-state index contributed by atoms with van der Waals surface area (Å²) in [6.07, 6.45) is 3.68. The lowest BCUT2D eigenvalue weighted by Crippen LogP contribution is -1.96. The number of hydrogen-bond acceptors (Lipinski definition) is 3. The number of rotatable bonds is 5. The first-order valence-electron chi connectivity index (χ1n) is 13.6. The second-order valence-corrected chi connectivity index (χ2v) is 10.4. The van der Waals surface area contributed by atoms with Gasteiger partial charge < -0.3 is 4.57 Å². The molecule has 4 heteroatoms. The zero-order valence-electron chi connectivity index (χ0n) is 22.5. The third kappa shape index (κ3) is 4.24. The van der Waals surface area contributed by atoms with Gasteiger partial charge in [-0.2, -0.15) is 0 Å². The summed E-state index contributed by atoms with van der Waals surface area (Å²) in [5.41, 5.74) is 11.6. The normalized spacial score (nSPS) is 11.5. The number of hydrogen-bond donors (Lipinski definition) is 0. The molecule has 0 atom stereocenters. The largest absolute Gasteiger partial charge is 0.308 e. The molecule has 0 saturated heterocycles. The maximum Gasteiger partial charge on any atom is 0.0963 e.